The molecular weight excluding hydrogens is 751 g/mol. The molecule has 0 spiro atoms. The minimum absolute atomic E-state index is 0.699. The van der Waals surface area contributed by atoms with Crippen molar-refractivity contribution in [1.29, 1.82) is 0 Å². The van der Waals surface area contributed by atoms with E-state index >= 15 is 0 Å². The Morgan fingerprint density at radius 3 is 1.05 bits per heavy atom. The van der Waals surface area contributed by atoms with E-state index in [1.54, 1.807) is 0 Å². The summed E-state index contributed by atoms with van der Waals surface area (Å²) >= 11 is 0. The lowest BCUT2D eigenvalue weighted by atomic mass is 9.90. The first kappa shape index (κ1) is 36.8. The number of hydrogen-bond donors (Lipinski definition) is 0. The highest BCUT2D eigenvalue weighted by Crippen LogP contribution is 2.41. The number of nitrogens with zero attached hydrogens (tertiary/aromatic N) is 3. The van der Waals surface area contributed by atoms with E-state index in [9.17, 15) is 0 Å². The summed E-state index contributed by atoms with van der Waals surface area (Å²) < 4.78 is 0. The highest BCUT2D eigenvalue weighted by atomic mass is 14.9. The topological polar surface area (TPSA) is 38.7 Å². The molecular formula is C59H39N3. The van der Waals surface area contributed by atoms with Crippen molar-refractivity contribution in [2.24, 2.45) is 0 Å². The average Bonchev–Trinajstić information content (AvgIpc) is 3.37. The van der Waals surface area contributed by atoms with Crippen molar-refractivity contribution >= 4 is 21.7 Å². The van der Waals surface area contributed by atoms with Crippen molar-refractivity contribution < 1.29 is 0 Å². The van der Waals surface area contributed by atoms with Crippen LogP contribution in [0.3, 0.4) is 0 Å². The summed E-state index contributed by atoms with van der Waals surface area (Å²) in [5.74, 6) is 0.699. The SMILES string of the molecule is c1ccc(-c2ccc(-c3cc(-c4ccc(-c5cc(-c6ccccc6)nc(-c6ccccc6)n5)cc4)c4cc(-c5ccc(-c6ccccc6)cc5)c5ccccc5c4n3)cc2)cc1. The Morgan fingerprint density at radius 1 is 0.210 bits per heavy atom. The van der Waals surface area contributed by atoms with Crippen molar-refractivity contribution in [3.8, 4) is 89.7 Å². The predicted molar refractivity (Wildman–Crippen MR) is 258 cm³/mol. The third-order valence-electron chi connectivity index (χ3n) is 11.7. The van der Waals surface area contributed by atoms with Crippen molar-refractivity contribution in [1.82, 2.24) is 15.0 Å². The fourth-order valence-electron chi connectivity index (χ4n) is 8.50. The monoisotopic (exact) mass is 789 g/mol. The smallest absolute Gasteiger partial charge is 0.160 e. The maximum Gasteiger partial charge on any atom is 0.160 e. The normalized spacial score (nSPS) is 11.2. The molecule has 3 heteroatoms. The maximum absolute atomic E-state index is 5.48. The molecule has 62 heavy (non-hydrogen) atoms. The van der Waals surface area contributed by atoms with Gasteiger partial charge in [-0.15, -0.1) is 0 Å². The molecule has 0 fully saturated rings. The number of pyridine rings is 1. The molecule has 0 saturated heterocycles. The van der Waals surface area contributed by atoms with Gasteiger partial charge in [0.2, 0.25) is 0 Å². The Balaban J connectivity index is 1.07. The molecule has 11 aromatic rings. The van der Waals surface area contributed by atoms with Gasteiger partial charge in [-0.3, -0.25) is 0 Å². The average molecular weight is 790 g/mol. The van der Waals surface area contributed by atoms with Gasteiger partial charge in [0.15, 0.2) is 5.82 Å². The fraction of sp³-hybridized carbons (Fsp3) is 0. The molecule has 0 radical (unpaired) electrons. The zero-order chi connectivity index (χ0) is 41.2. The van der Waals surface area contributed by atoms with Crippen LogP contribution in [-0.2, 0) is 0 Å². The van der Waals surface area contributed by atoms with Gasteiger partial charge < -0.3 is 0 Å². The molecule has 11 rings (SSSR count). The first-order chi connectivity index (χ1) is 30.7. The standard InChI is InChI=1S/C59H39N3/c1-5-15-40(16-6-1)42-25-29-44(30-26-42)52-37-54-53(38-55(60-58(54)51-24-14-13-23-50(51)52)47-33-27-43(28-34-47)41-17-7-2-8-18-41)45-31-35-48(36-32-45)57-39-56(46-19-9-3-10-20-46)61-59(62-57)49-21-11-4-12-22-49/h1-39H. The summed E-state index contributed by atoms with van der Waals surface area (Å²) in [6.45, 7) is 0. The summed E-state index contributed by atoms with van der Waals surface area (Å²) in [6, 6.07) is 83.5. The van der Waals surface area contributed by atoms with Gasteiger partial charge in [0, 0.05) is 33.0 Å². The van der Waals surface area contributed by atoms with Crippen molar-refractivity contribution in [2.45, 2.75) is 0 Å². The summed E-state index contributed by atoms with van der Waals surface area (Å²) in [7, 11) is 0. The lowest BCUT2D eigenvalue weighted by molar-refractivity contribution is 1.18. The second-order valence-electron chi connectivity index (χ2n) is 15.6. The Bertz CT molecular complexity index is 3270. The molecule has 0 bridgehead atoms. The predicted octanol–water partition coefficient (Wildman–Crippen LogP) is 15.5. The van der Waals surface area contributed by atoms with Crippen LogP contribution in [0.1, 0.15) is 0 Å². The van der Waals surface area contributed by atoms with E-state index in [1.807, 2.05) is 36.4 Å². The zero-order valence-electron chi connectivity index (χ0n) is 33.9. The molecule has 0 amide bonds. The van der Waals surface area contributed by atoms with Gasteiger partial charge in [-0.1, -0.05) is 218 Å². The van der Waals surface area contributed by atoms with Crippen LogP contribution in [0.2, 0.25) is 0 Å². The van der Waals surface area contributed by atoms with E-state index in [2.05, 4.69) is 200 Å². The van der Waals surface area contributed by atoms with Gasteiger partial charge in [-0.05, 0) is 68.1 Å². The quantitative estimate of drug-likeness (QED) is 0.144. The minimum atomic E-state index is 0.699. The maximum atomic E-state index is 5.48. The van der Waals surface area contributed by atoms with Gasteiger partial charge in [-0.2, -0.15) is 0 Å². The lowest BCUT2D eigenvalue weighted by Gasteiger charge is -2.16. The summed E-state index contributed by atoms with van der Waals surface area (Å²) in [4.78, 5) is 15.6. The van der Waals surface area contributed by atoms with Gasteiger partial charge in [0.1, 0.15) is 0 Å². The summed E-state index contributed by atoms with van der Waals surface area (Å²) in [5, 5.41) is 3.39. The Hall–Kier alpha value is -8.27. The van der Waals surface area contributed by atoms with E-state index in [0.29, 0.717) is 5.82 Å². The number of benzene rings is 9. The summed E-state index contributed by atoms with van der Waals surface area (Å²) in [5.41, 5.74) is 17.1. The van der Waals surface area contributed by atoms with E-state index in [0.717, 1.165) is 72.3 Å². The second-order valence-corrected chi connectivity index (χ2v) is 15.6. The van der Waals surface area contributed by atoms with Crippen LogP contribution in [0.4, 0.5) is 0 Å². The van der Waals surface area contributed by atoms with E-state index < -0.39 is 0 Å². The van der Waals surface area contributed by atoms with Gasteiger partial charge >= 0.3 is 0 Å². The Labute approximate surface area is 361 Å². The van der Waals surface area contributed by atoms with Gasteiger partial charge in [0.05, 0.1) is 22.6 Å². The number of rotatable bonds is 8. The highest BCUT2D eigenvalue weighted by Gasteiger charge is 2.17. The van der Waals surface area contributed by atoms with Gasteiger partial charge in [0.25, 0.3) is 0 Å². The number of hydrogen-bond acceptors (Lipinski definition) is 3. The molecule has 0 atom stereocenters. The van der Waals surface area contributed by atoms with Crippen LogP contribution >= 0.6 is 0 Å². The van der Waals surface area contributed by atoms with E-state index in [4.69, 9.17) is 15.0 Å². The zero-order valence-corrected chi connectivity index (χ0v) is 33.9. The molecule has 0 aliphatic rings. The molecule has 0 aliphatic carbocycles. The van der Waals surface area contributed by atoms with E-state index in [-0.39, 0.29) is 0 Å². The molecule has 2 aromatic heterocycles. The minimum Gasteiger partial charge on any atom is -0.247 e. The van der Waals surface area contributed by atoms with Crippen LogP contribution in [0.25, 0.3) is 111 Å². The largest absolute Gasteiger partial charge is 0.247 e. The van der Waals surface area contributed by atoms with Crippen LogP contribution in [0, 0.1) is 0 Å². The van der Waals surface area contributed by atoms with Crippen LogP contribution in [-0.4, -0.2) is 15.0 Å². The first-order valence-electron chi connectivity index (χ1n) is 21.0. The molecule has 0 N–H and O–H groups in total. The van der Waals surface area contributed by atoms with Crippen molar-refractivity contribution in [3.63, 3.8) is 0 Å². The molecule has 0 aliphatic heterocycles. The molecule has 290 valence electrons. The molecule has 0 unspecified atom stereocenters. The fourth-order valence-corrected chi connectivity index (χ4v) is 8.50. The van der Waals surface area contributed by atoms with E-state index in [1.165, 1.54) is 33.2 Å². The van der Waals surface area contributed by atoms with Crippen LogP contribution < -0.4 is 0 Å². The Kier molecular flexibility index (Phi) is 9.53. The highest BCUT2D eigenvalue weighted by molar-refractivity contribution is 6.16. The lowest BCUT2D eigenvalue weighted by Crippen LogP contribution is -1.96. The third kappa shape index (κ3) is 7.12. The van der Waals surface area contributed by atoms with Crippen LogP contribution in [0.5, 0.6) is 0 Å². The second kappa shape index (κ2) is 16.1. The molecule has 2 heterocycles. The third-order valence-corrected chi connectivity index (χ3v) is 11.7. The number of fused-ring (bicyclic) bond motifs is 3. The first-order valence-corrected chi connectivity index (χ1v) is 21.0. The molecule has 3 nitrogen and oxygen atoms in total. The molecule has 0 saturated carbocycles. The van der Waals surface area contributed by atoms with Gasteiger partial charge in [-0.25, -0.2) is 15.0 Å². The summed E-state index contributed by atoms with van der Waals surface area (Å²) in [6.07, 6.45) is 0. The van der Waals surface area contributed by atoms with Crippen molar-refractivity contribution in [3.05, 3.63) is 237 Å². The number of aromatic nitrogens is 3. The Morgan fingerprint density at radius 2 is 0.548 bits per heavy atom. The molecule has 9 aromatic carbocycles. The van der Waals surface area contributed by atoms with Crippen LogP contribution in [0.15, 0.2) is 237 Å². The van der Waals surface area contributed by atoms with Crippen molar-refractivity contribution in [2.75, 3.05) is 0 Å².